The normalized spacial score (nSPS) is 10.7. The monoisotopic (exact) mass is 353 g/mol. The zero-order chi connectivity index (χ0) is 18.5. The first-order chi connectivity index (χ1) is 13.3. The Hall–Kier alpha value is -3.26. The van der Waals surface area contributed by atoms with Crippen molar-refractivity contribution in [2.24, 2.45) is 0 Å². The van der Waals surface area contributed by atoms with Crippen LogP contribution in [-0.2, 0) is 13.2 Å². The van der Waals surface area contributed by atoms with E-state index in [0.29, 0.717) is 6.61 Å². The Morgan fingerprint density at radius 1 is 0.741 bits per heavy atom. The van der Waals surface area contributed by atoms with Gasteiger partial charge in [-0.1, -0.05) is 72.8 Å². The van der Waals surface area contributed by atoms with Gasteiger partial charge >= 0.3 is 0 Å². The lowest BCUT2D eigenvalue weighted by Crippen LogP contribution is -2.04. The van der Waals surface area contributed by atoms with Gasteiger partial charge in [-0.15, -0.1) is 0 Å². The highest BCUT2D eigenvalue weighted by atomic mass is 16.5. The second-order valence-corrected chi connectivity index (χ2v) is 6.76. The molecule has 0 atom stereocenters. The van der Waals surface area contributed by atoms with Crippen molar-refractivity contribution >= 4 is 16.5 Å². The molecule has 0 aliphatic rings. The summed E-state index contributed by atoms with van der Waals surface area (Å²) in [6.07, 6.45) is 0. The van der Waals surface area contributed by atoms with Crippen molar-refractivity contribution in [3.05, 3.63) is 108 Å². The van der Waals surface area contributed by atoms with Crippen LogP contribution in [-0.4, -0.2) is 0 Å². The summed E-state index contributed by atoms with van der Waals surface area (Å²) in [4.78, 5) is 0. The lowest BCUT2D eigenvalue weighted by atomic mass is 10.1. The molecule has 0 heterocycles. The number of aryl methyl sites for hydroxylation is 1. The summed E-state index contributed by atoms with van der Waals surface area (Å²) in [7, 11) is 0. The van der Waals surface area contributed by atoms with E-state index in [9.17, 15) is 0 Å². The van der Waals surface area contributed by atoms with Crippen LogP contribution in [0, 0.1) is 6.92 Å². The zero-order valence-electron chi connectivity index (χ0n) is 15.5. The summed E-state index contributed by atoms with van der Waals surface area (Å²) in [5.74, 6) is 0.922. The smallest absolute Gasteiger partial charge is 0.124 e. The number of benzene rings is 4. The molecule has 0 bridgehead atoms. The minimum Gasteiger partial charge on any atom is -0.489 e. The van der Waals surface area contributed by atoms with Gasteiger partial charge in [-0.3, -0.25) is 0 Å². The number of fused-ring (bicyclic) bond motifs is 1. The van der Waals surface area contributed by atoms with Gasteiger partial charge in [0, 0.05) is 17.8 Å². The first kappa shape index (κ1) is 17.2. The second-order valence-electron chi connectivity index (χ2n) is 6.76. The minimum atomic E-state index is 0.558. The van der Waals surface area contributed by atoms with Crippen LogP contribution in [0.15, 0.2) is 91.0 Å². The maximum atomic E-state index is 6.20. The van der Waals surface area contributed by atoms with E-state index in [0.717, 1.165) is 23.5 Å². The van der Waals surface area contributed by atoms with E-state index in [1.54, 1.807) is 0 Å². The van der Waals surface area contributed by atoms with Crippen molar-refractivity contribution in [2.45, 2.75) is 20.1 Å². The molecular weight excluding hydrogens is 330 g/mol. The third-order valence-electron chi connectivity index (χ3n) is 4.74. The molecule has 27 heavy (non-hydrogen) atoms. The van der Waals surface area contributed by atoms with Gasteiger partial charge in [0.2, 0.25) is 0 Å². The van der Waals surface area contributed by atoms with E-state index < -0.39 is 0 Å². The fourth-order valence-corrected chi connectivity index (χ4v) is 3.32. The van der Waals surface area contributed by atoms with Gasteiger partial charge in [-0.25, -0.2) is 0 Å². The van der Waals surface area contributed by atoms with Crippen molar-refractivity contribution in [2.75, 3.05) is 5.32 Å². The molecule has 0 aliphatic carbocycles. The van der Waals surface area contributed by atoms with E-state index in [2.05, 4.69) is 91.1 Å². The molecule has 2 nitrogen and oxygen atoms in total. The molecule has 0 unspecified atom stereocenters. The zero-order valence-corrected chi connectivity index (χ0v) is 15.5. The van der Waals surface area contributed by atoms with E-state index in [4.69, 9.17) is 4.74 Å². The Kier molecular flexibility index (Phi) is 5.06. The maximum absolute atomic E-state index is 6.20. The number of hydrogen-bond acceptors (Lipinski definition) is 2. The molecule has 134 valence electrons. The molecule has 0 fully saturated rings. The average molecular weight is 353 g/mol. The summed E-state index contributed by atoms with van der Waals surface area (Å²) in [6.45, 7) is 3.39. The van der Waals surface area contributed by atoms with Crippen molar-refractivity contribution < 1.29 is 4.74 Å². The fourth-order valence-electron chi connectivity index (χ4n) is 3.32. The number of rotatable bonds is 6. The Morgan fingerprint density at radius 2 is 1.48 bits per heavy atom. The van der Waals surface area contributed by atoms with Crippen LogP contribution in [0.3, 0.4) is 0 Å². The predicted octanol–water partition coefficient (Wildman–Crippen LogP) is 6.34. The minimum absolute atomic E-state index is 0.558. The van der Waals surface area contributed by atoms with Gasteiger partial charge in [-0.2, -0.15) is 0 Å². The fraction of sp³-hybridized carbons (Fsp3) is 0.120. The van der Waals surface area contributed by atoms with Gasteiger partial charge in [0.15, 0.2) is 0 Å². The molecule has 0 saturated carbocycles. The molecule has 0 saturated heterocycles. The SMILES string of the molecule is Cc1cccc(NCc2ccccc2OCc2cccc3ccccc23)c1. The van der Waals surface area contributed by atoms with Crippen LogP contribution in [0.5, 0.6) is 5.75 Å². The third-order valence-corrected chi connectivity index (χ3v) is 4.74. The summed E-state index contributed by atoms with van der Waals surface area (Å²) in [6, 6.07) is 31.4. The van der Waals surface area contributed by atoms with E-state index in [1.807, 2.05) is 12.1 Å². The Bertz CT molecular complexity index is 1050. The summed E-state index contributed by atoms with van der Waals surface area (Å²) < 4.78 is 6.20. The molecule has 4 aromatic carbocycles. The van der Waals surface area contributed by atoms with Gasteiger partial charge < -0.3 is 10.1 Å². The number of hydrogen-bond donors (Lipinski definition) is 1. The Balaban J connectivity index is 1.49. The predicted molar refractivity (Wildman–Crippen MR) is 113 cm³/mol. The van der Waals surface area contributed by atoms with E-state index in [-0.39, 0.29) is 0 Å². The molecule has 0 amide bonds. The maximum Gasteiger partial charge on any atom is 0.124 e. The third kappa shape index (κ3) is 4.12. The van der Waals surface area contributed by atoms with Crippen molar-refractivity contribution in [3.63, 3.8) is 0 Å². The molecule has 4 rings (SSSR count). The molecule has 0 radical (unpaired) electrons. The lowest BCUT2D eigenvalue weighted by Gasteiger charge is -2.14. The topological polar surface area (TPSA) is 21.3 Å². The first-order valence-electron chi connectivity index (χ1n) is 9.27. The summed E-state index contributed by atoms with van der Waals surface area (Å²) in [5, 5.41) is 5.98. The van der Waals surface area contributed by atoms with Crippen LogP contribution in [0.25, 0.3) is 10.8 Å². The van der Waals surface area contributed by atoms with Gasteiger partial charge in [0.1, 0.15) is 12.4 Å². The van der Waals surface area contributed by atoms with Gasteiger partial charge in [0.25, 0.3) is 0 Å². The van der Waals surface area contributed by atoms with Crippen LogP contribution < -0.4 is 10.1 Å². The molecule has 4 aromatic rings. The van der Waals surface area contributed by atoms with Gasteiger partial charge in [-0.05, 0) is 47.0 Å². The second kappa shape index (κ2) is 7.96. The average Bonchev–Trinajstić information content (AvgIpc) is 2.71. The highest BCUT2D eigenvalue weighted by molar-refractivity contribution is 5.85. The standard InChI is InChI=1S/C25H23NO/c1-19-8-6-13-23(16-19)26-17-21-10-3-5-15-25(21)27-18-22-12-7-11-20-9-2-4-14-24(20)22/h2-16,26H,17-18H2,1H3. The summed E-state index contributed by atoms with van der Waals surface area (Å²) in [5.41, 5.74) is 4.73. The van der Waals surface area contributed by atoms with E-state index >= 15 is 0 Å². The number of para-hydroxylation sites is 1. The summed E-state index contributed by atoms with van der Waals surface area (Å²) >= 11 is 0. The van der Waals surface area contributed by atoms with Crippen LogP contribution in [0.1, 0.15) is 16.7 Å². The van der Waals surface area contributed by atoms with Crippen molar-refractivity contribution in [3.8, 4) is 5.75 Å². The van der Waals surface area contributed by atoms with Gasteiger partial charge in [0.05, 0.1) is 0 Å². The Morgan fingerprint density at radius 3 is 2.41 bits per heavy atom. The molecular formula is C25H23NO. The molecule has 0 aromatic heterocycles. The highest BCUT2D eigenvalue weighted by Crippen LogP contribution is 2.24. The quantitative estimate of drug-likeness (QED) is 0.437. The van der Waals surface area contributed by atoms with Crippen molar-refractivity contribution in [1.82, 2.24) is 0 Å². The van der Waals surface area contributed by atoms with E-state index in [1.165, 1.54) is 21.9 Å². The van der Waals surface area contributed by atoms with Crippen molar-refractivity contribution in [1.29, 1.82) is 0 Å². The van der Waals surface area contributed by atoms with Crippen LogP contribution >= 0.6 is 0 Å². The van der Waals surface area contributed by atoms with Crippen LogP contribution in [0.4, 0.5) is 5.69 Å². The number of ether oxygens (including phenoxy) is 1. The largest absolute Gasteiger partial charge is 0.489 e. The lowest BCUT2D eigenvalue weighted by molar-refractivity contribution is 0.304. The molecule has 0 aliphatic heterocycles. The van der Waals surface area contributed by atoms with Crippen LogP contribution in [0.2, 0.25) is 0 Å². The molecule has 1 N–H and O–H groups in total. The Labute approximate surface area is 160 Å². The molecule has 0 spiro atoms. The molecule has 2 heteroatoms. The number of anilines is 1. The highest BCUT2D eigenvalue weighted by Gasteiger charge is 2.06. The first-order valence-corrected chi connectivity index (χ1v) is 9.27. The number of nitrogens with one attached hydrogen (secondary N) is 1.